The van der Waals surface area contributed by atoms with Gasteiger partial charge in [0.05, 0.1) is 38.5 Å². The van der Waals surface area contributed by atoms with Crippen molar-refractivity contribution in [3.63, 3.8) is 0 Å². The predicted octanol–water partition coefficient (Wildman–Crippen LogP) is 5.90. The monoisotopic (exact) mass is 477 g/mol. The summed E-state index contributed by atoms with van der Waals surface area (Å²) in [6.45, 7) is 3.27. The fourth-order valence-electron chi connectivity index (χ4n) is 3.73. The van der Waals surface area contributed by atoms with Crippen molar-refractivity contribution >= 4 is 49.7 Å². The van der Waals surface area contributed by atoms with E-state index >= 15 is 0 Å². The Bertz CT molecular complexity index is 1520. The average molecular weight is 478 g/mol. The highest BCUT2D eigenvalue weighted by molar-refractivity contribution is 7.16. The first kappa shape index (κ1) is 21.6. The zero-order valence-corrected chi connectivity index (χ0v) is 19.5. The molecule has 0 atom stereocenters. The maximum absolute atomic E-state index is 14.7. The minimum Gasteiger partial charge on any atom is -0.380 e. The molecule has 5 rings (SSSR count). The molecule has 8 heteroatoms. The van der Waals surface area contributed by atoms with Gasteiger partial charge in [-0.3, -0.25) is 4.79 Å². The van der Waals surface area contributed by atoms with Crippen LogP contribution in [0.25, 0.3) is 31.7 Å². The quantitative estimate of drug-likeness (QED) is 0.286. The third kappa shape index (κ3) is 4.25. The minimum atomic E-state index is -0.386. The molecule has 3 aromatic heterocycles. The van der Waals surface area contributed by atoms with Crippen LogP contribution in [-0.4, -0.2) is 28.7 Å². The molecule has 0 bridgehead atoms. The molecule has 0 saturated heterocycles. The first-order valence-electron chi connectivity index (χ1n) is 10.5. The summed E-state index contributed by atoms with van der Waals surface area (Å²) >= 11 is 2.86. The molecule has 2 aromatic carbocycles. The number of carbonyl (C=O) groups excluding carboxylic acids is 1. The van der Waals surface area contributed by atoms with E-state index in [0.29, 0.717) is 35.6 Å². The number of benzene rings is 2. The molecule has 0 aliphatic rings. The van der Waals surface area contributed by atoms with Crippen LogP contribution < -0.4 is 4.80 Å². The average Bonchev–Trinajstić information content (AvgIpc) is 3.48. The molecule has 0 fully saturated rings. The lowest BCUT2D eigenvalue weighted by Crippen LogP contribution is -2.20. The van der Waals surface area contributed by atoms with Crippen molar-refractivity contribution in [3.05, 3.63) is 82.2 Å². The third-order valence-corrected chi connectivity index (χ3v) is 7.17. The molecular weight excluding hydrogens is 457 g/mol. The van der Waals surface area contributed by atoms with Crippen LogP contribution in [0.1, 0.15) is 17.3 Å². The van der Waals surface area contributed by atoms with Crippen molar-refractivity contribution in [3.8, 4) is 10.6 Å². The number of hydrogen-bond acceptors (Lipinski definition) is 5. The number of hydrogen-bond donors (Lipinski definition) is 0. The minimum absolute atomic E-state index is 0.344. The summed E-state index contributed by atoms with van der Waals surface area (Å²) in [4.78, 5) is 24.1. The molecular formula is C25H20FN3O2S2. The normalized spacial score (nSPS) is 12.1. The van der Waals surface area contributed by atoms with Crippen LogP contribution in [0.2, 0.25) is 0 Å². The van der Waals surface area contributed by atoms with Gasteiger partial charge in [0.2, 0.25) is 0 Å². The lowest BCUT2D eigenvalue weighted by molar-refractivity contribution is 0.0998. The summed E-state index contributed by atoms with van der Waals surface area (Å²) in [5, 5.41) is 2.71. The third-order valence-electron chi connectivity index (χ3n) is 5.23. The van der Waals surface area contributed by atoms with E-state index in [1.165, 1.54) is 17.4 Å². The number of para-hydroxylation sites is 2. The SMILES string of the molecule is CCOCCn1c(=NC(=O)c2cc(-c3cccs3)nc3ccccc23)sc2cccc(F)c21. The van der Waals surface area contributed by atoms with Crippen LogP contribution >= 0.6 is 22.7 Å². The van der Waals surface area contributed by atoms with Crippen molar-refractivity contribution < 1.29 is 13.9 Å². The highest BCUT2D eigenvalue weighted by Gasteiger charge is 2.16. The van der Waals surface area contributed by atoms with Crippen LogP contribution in [0.4, 0.5) is 4.39 Å². The topological polar surface area (TPSA) is 56.5 Å². The largest absolute Gasteiger partial charge is 0.380 e. The lowest BCUT2D eigenvalue weighted by atomic mass is 10.1. The smallest absolute Gasteiger partial charge is 0.280 e. The number of pyridine rings is 1. The molecule has 5 nitrogen and oxygen atoms in total. The number of thiophene rings is 1. The first-order valence-corrected chi connectivity index (χ1v) is 12.2. The van der Waals surface area contributed by atoms with E-state index in [1.807, 2.05) is 54.8 Å². The van der Waals surface area contributed by atoms with E-state index in [-0.39, 0.29) is 11.7 Å². The number of carbonyl (C=O) groups is 1. The van der Waals surface area contributed by atoms with Gasteiger partial charge in [-0.2, -0.15) is 4.99 Å². The van der Waals surface area contributed by atoms with Crippen LogP contribution in [-0.2, 0) is 11.3 Å². The van der Waals surface area contributed by atoms with Crippen LogP contribution in [0, 0.1) is 5.82 Å². The summed E-state index contributed by atoms with van der Waals surface area (Å²) in [5.41, 5.74) is 2.37. The molecule has 5 aromatic rings. The summed E-state index contributed by atoms with van der Waals surface area (Å²) in [6.07, 6.45) is 0. The molecule has 0 saturated carbocycles. The second-order valence-corrected chi connectivity index (χ2v) is 9.24. The van der Waals surface area contributed by atoms with Gasteiger partial charge in [0.1, 0.15) is 5.82 Å². The maximum atomic E-state index is 14.7. The van der Waals surface area contributed by atoms with Gasteiger partial charge in [-0.25, -0.2) is 9.37 Å². The Balaban J connectivity index is 1.67. The Kier molecular flexibility index (Phi) is 6.13. The zero-order chi connectivity index (χ0) is 22.8. The van der Waals surface area contributed by atoms with Crippen molar-refractivity contribution in [2.24, 2.45) is 4.99 Å². The van der Waals surface area contributed by atoms with E-state index in [0.717, 1.165) is 26.2 Å². The van der Waals surface area contributed by atoms with Gasteiger partial charge in [-0.15, -0.1) is 11.3 Å². The highest BCUT2D eigenvalue weighted by atomic mass is 32.1. The van der Waals surface area contributed by atoms with Crippen molar-refractivity contribution in [1.29, 1.82) is 0 Å². The van der Waals surface area contributed by atoms with E-state index in [2.05, 4.69) is 4.99 Å². The molecule has 0 N–H and O–H groups in total. The van der Waals surface area contributed by atoms with Gasteiger partial charge >= 0.3 is 0 Å². The number of halogens is 1. The molecule has 1 amide bonds. The molecule has 0 unspecified atom stereocenters. The van der Waals surface area contributed by atoms with E-state index in [9.17, 15) is 9.18 Å². The fourth-order valence-corrected chi connectivity index (χ4v) is 5.48. The second kappa shape index (κ2) is 9.35. The number of amides is 1. The molecule has 3 heterocycles. The zero-order valence-electron chi connectivity index (χ0n) is 17.8. The molecule has 0 spiro atoms. The standard InChI is InChI=1S/C25H20FN3O2S2/c1-2-31-13-12-29-23-18(26)8-5-10-22(23)33-25(29)28-24(30)17-15-20(21-11-6-14-32-21)27-19-9-4-3-7-16(17)19/h3-11,14-15H,2,12-13H2,1H3. The maximum Gasteiger partial charge on any atom is 0.280 e. The van der Waals surface area contributed by atoms with Crippen LogP contribution in [0.5, 0.6) is 0 Å². The number of fused-ring (bicyclic) bond motifs is 2. The number of thiazole rings is 1. The summed E-state index contributed by atoms with van der Waals surface area (Å²) in [7, 11) is 0. The van der Waals surface area contributed by atoms with Gasteiger partial charge in [0.15, 0.2) is 4.80 Å². The van der Waals surface area contributed by atoms with Gasteiger partial charge in [-0.1, -0.05) is 41.7 Å². The van der Waals surface area contributed by atoms with Crippen LogP contribution in [0.15, 0.2) is 71.0 Å². The Labute approximate surface area is 197 Å². The van der Waals surface area contributed by atoms with Crippen molar-refractivity contribution in [2.45, 2.75) is 13.5 Å². The Hall–Kier alpha value is -3.20. The number of nitrogens with zero attached hydrogens (tertiary/aromatic N) is 3. The fraction of sp³-hybridized carbons (Fsp3) is 0.160. The van der Waals surface area contributed by atoms with Crippen LogP contribution in [0.3, 0.4) is 0 Å². The molecule has 0 aliphatic heterocycles. The van der Waals surface area contributed by atoms with Crippen molar-refractivity contribution in [1.82, 2.24) is 9.55 Å². The molecule has 33 heavy (non-hydrogen) atoms. The summed E-state index contributed by atoms with van der Waals surface area (Å²) in [6, 6.07) is 18.2. The van der Waals surface area contributed by atoms with Crippen molar-refractivity contribution in [2.75, 3.05) is 13.2 Å². The number of rotatable bonds is 6. The van der Waals surface area contributed by atoms with Gasteiger partial charge in [0.25, 0.3) is 5.91 Å². The molecule has 0 aliphatic carbocycles. The van der Waals surface area contributed by atoms with E-state index in [1.54, 1.807) is 28.0 Å². The Morgan fingerprint density at radius 2 is 2.03 bits per heavy atom. The van der Waals surface area contributed by atoms with E-state index in [4.69, 9.17) is 9.72 Å². The summed E-state index contributed by atoms with van der Waals surface area (Å²) in [5.74, 6) is -0.730. The second-order valence-electron chi connectivity index (χ2n) is 7.29. The molecule has 166 valence electrons. The highest BCUT2D eigenvalue weighted by Crippen LogP contribution is 2.28. The van der Waals surface area contributed by atoms with Gasteiger partial charge in [-0.05, 0) is 42.6 Å². The van der Waals surface area contributed by atoms with Gasteiger partial charge in [0, 0.05) is 18.5 Å². The Morgan fingerprint density at radius 3 is 2.85 bits per heavy atom. The number of aromatic nitrogens is 2. The van der Waals surface area contributed by atoms with Gasteiger partial charge < -0.3 is 9.30 Å². The summed E-state index contributed by atoms with van der Waals surface area (Å²) < 4.78 is 22.6. The predicted molar refractivity (Wildman–Crippen MR) is 131 cm³/mol. The lowest BCUT2D eigenvalue weighted by Gasteiger charge is -2.07. The Morgan fingerprint density at radius 1 is 1.15 bits per heavy atom. The first-order chi connectivity index (χ1) is 16.2. The number of ether oxygens (including phenoxy) is 1. The molecule has 0 radical (unpaired) electrons. The van der Waals surface area contributed by atoms with E-state index < -0.39 is 0 Å².